The van der Waals surface area contributed by atoms with Gasteiger partial charge in [-0.2, -0.15) is 4.31 Å². The van der Waals surface area contributed by atoms with E-state index in [-0.39, 0.29) is 5.91 Å². The molecule has 2 heterocycles. The zero-order chi connectivity index (χ0) is 25.0. The van der Waals surface area contributed by atoms with Gasteiger partial charge in [0.2, 0.25) is 10.0 Å². The van der Waals surface area contributed by atoms with Gasteiger partial charge in [-0.15, -0.1) is 0 Å². The summed E-state index contributed by atoms with van der Waals surface area (Å²) in [6.45, 7) is 6.14. The molecule has 2 aliphatic heterocycles. The van der Waals surface area contributed by atoms with Crippen LogP contribution in [0.2, 0.25) is 0 Å². The van der Waals surface area contributed by atoms with Gasteiger partial charge in [0.15, 0.2) is 0 Å². The second kappa shape index (κ2) is 10.8. The highest BCUT2D eigenvalue weighted by molar-refractivity contribution is 7.89. The number of para-hydroxylation sites is 1. The van der Waals surface area contributed by atoms with Crippen LogP contribution in [0.4, 0.5) is 5.69 Å². The van der Waals surface area contributed by atoms with Crippen LogP contribution < -0.4 is 4.90 Å². The SMILES string of the molecule is O=C(c1ccc(CN2CCN(S(=O)(=O)c3ccccc3)CC2)cc1)N1CCN(c2ccccc2)CC1. The predicted molar refractivity (Wildman–Crippen MR) is 141 cm³/mol. The minimum atomic E-state index is -3.44. The lowest BCUT2D eigenvalue weighted by Gasteiger charge is -2.36. The summed E-state index contributed by atoms with van der Waals surface area (Å²) >= 11 is 0. The predicted octanol–water partition coefficient (Wildman–Crippen LogP) is 3.16. The van der Waals surface area contributed by atoms with Crippen LogP contribution in [0.3, 0.4) is 0 Å². The maximum absolute atomic E-state index is 13.0. The van der Waals surface area contributed by atoms with Crippen molar-refractivity contribution in [1.29, 1.82) is 0 Å². The van der Waals surface area contributed by atoms with E-state index in [1.54, 1.807) is 28.6 Å². The van der Waals surface area contributed by atoms with E-state index in [1.165, 1.54) is 5.69 Å². The lowest BCUT2D eigenvalue weighted by molar-refractivity contribution is 0.0746. The number of benzene rings is 3. The van der Waals surface area contributed by atoms with Crippen molar-refractivity contribution in [3.8, 4) is 0 Å². The first-order valence-electron chi connectivity index (χ1n) is 12.5. The Bertz CT molecular complexity index is 1250. The molecule has 0 unspecified atom stereocenters. The number of carbonyl (C=O) groups excluding carboxylic acids is 1. The molecule has 0 saturated carbocycles. The number of amides is 1. The Hall–Kier alpha value is -3.20. The summed E-state index contributed by atoms with van der Waals surface area (Å²) < 4.78 is 27.3. The van der Waals surface area contributed by atoms with E-state index in [2.05, 4.69) is 21.9 Å². The number of hydrogen-bond donors (Lipinski definition) is 0. The third kappa shape index (κ3) is 5.46. The Kier molecular flexibility index (Phi) is 7.36. The highest BCUT2D eigenvalue weighted by Gasteiger charge is 2.28. The maximum atomic E-state index is 13.0. The zero-order valence-electron chi connectivity index (χ0n) is 20.4. The summed E-state index contributed by atoms with van der Waals surface area (Å²) in [5, 5.41) is 0. The van der Waals surface area contributed by atoms with E-state index in [0.29, 0.717) is 49.7 Å². The van der Waals surface area contributed by atoms with Crippen LogP contribution in [-0.2, 0) is 16.6 Å². The van der Waals surface area contributed by atoms with Crippen molar-refractivity contribution in [2.24, 2.45) is 0 Å². The fraction of sp³-hybridized carbons (Fsp3) is 0.321. The fourth-order valence-electron chi connectivity index (χ4n) is 4.87. The zero-order valence-corrected chi connectivity index (χ0v) is 21.2. The van der Waals surface area contributed by atoms with Crippen molar-refractivity contribution in [2.45, 2.75) is 11.4 Å². The van der Waals surface area contributed by atoms with Gasteiger partial charge < -0.3 is 9.80 Å². The molecule has 2 saturated heterocycles. The summed E-state index contributed by atoms with van der Waals surface area (Å²) in [5.74, 6) is 0.0778. The summed E-state index contributed by atoms with van der Waals surface area (Å²) in [7, 11) is -3.44. The van der Waals surface area contributed by atoms with Crippen LogP contribution in [0, 0.1) is 0 Å². The molecule has 1 amide bonds. The molecule has 0 spiro atoms. The minimum Gasteiger partial charge on any atom is -0.368 e. The molecule has 0 N–H and O–H groups in total. The van der Waals surface area contributed by atoms with E-state index in [0.717, 1.165) is 25.2 Å². The number of rotatable bonds is 6. The number of hydrogen-bond acceptors (Lipinski definition) is 5. The summed E-state index contributed by atoms with van der Waals surface area (Å²) in [4.78, 5) is 19.9. The molecule has 2 fully saturated rings. The largest absolute Gasteiger partial charge is 0.368 e. The molecule has 3 aromatic rings. The van der Waals surface area contributed by atoms with Crippen molar-refractivity contribution in [2.75, 3.05) is 57.3 Å². The van der Waals surface area contributed by atoms with Crippen molar-refractivity contribution in [3.63, 3.8) is 0 Å². The highest BCUT2D eigenvalue weighted by Crippen LogP contribution is 2.20. The lowest BCUT2D eigenvalue weighted by atomic mass is 10.1. The first-order valence-corrected chi connectivity index (χ1v) is 13.9. The first-order chi connectivity index (χ1) is 17.5. The van der Waals surface area contributed by atoms with Gasteiger partial charge in [0, 0.05) is 70.2 Å². The van der Waals surface area contributed by atoms with Crippen LogP contribution in [0.1, 0.15) is 15.9 Å². The molecule has 188 valence electrons. The van der Waals surface area contributed by atoms with Crippen LogP contribution >= 0.6 is 0 Å². The highest BCUT2D eigenvalue weighted by atomic mass is 32.2. The Morgan fingerprint density at radius 3 is 1.86 bits per heavy atom. The van der Waals surface area contributed by atoms with E-state index in [1.807, 2.05) is 53.4 Å². The molecular formula is C28H32N4O3S. The van der Waals surface area contributed by atoms with Gasteiger partial charge in [0.25, 0.3) is 5.91 Å². The van der Waals surface area contributed by atoms with Gasteiger partial charge in [-0.3, -0.25) is 9.69 Å². The minimum absolute atomic E-state index is 0.0778. The van der Waals surface area contributed by atoms with E-state index in [9.17, 15) is 13.2 Å². The van der Waals surface area contributed by atoms with Gasteiger partial charge in [-0.25, -0.2) is 8.42 Å². The third-order valence-electron chi connectivity index (χ3n) is 7.01. The van der Waals surface area contributed by atoms with Gasteiger partial charge in [0.1, 0.15) is 0 Å². The van der Waals surface area contributed by atoms with Crippen LogP contribution in [0.15, 0.2) is 89.8 Å². The van der Waals surface area contributed by atoms with Gasteiger partial charge in [-0.05, 0) is 42.0 Å². The Morgan fingerprint density at radius 2 is 1.25 bits per heavy atom. The molecule has 0 atom stereocenters. The Morgan fingerprint density at radius 1 is 0.667 bits per heavy atom. The van der Waals surface area contributed by atoms with Crippen molar-refractivity contribution in [3.05, 3.63) is 96.1 Å². The molecular weight excluding hydrogens is 472 g/mol. The quantitative estimate of drug-likeness (QED) is 0.516. The molecule has 36 heavy (non-hydrogen) atoms. The molecule has 0 aromatic heterocycles. The lowest BCUT2D eigenvalue weighted by Crippen LogP contribution is -2.48. The average molecular weight is 505 g/mol. The first kappa shape index (κ1) is 24.5. The normalized spacial score (nSPS) is 17.8. The second-order valence-corrected chi connectivity index (χ2v) is 11.2. The van der Waals surface area contributed by atoms with Gasteiger partial charge in [0.05, 0.1) is 4.90 Å². The topological polar surface area (TPSA) is 64.2 Å². The maximum Gasteiger partial charge on any atom is 0.253 e. The molecule has 7 nitrogen and oxygen atoms in total. The molecule has 8 heteroatoms. The molecule has 3 aromatic carbocycles. The standard InChI is InChI=1S/C28H32N4O3S/c33-28(31-19-17-30(18-20-31)26-7-3-1-4-8-26)25-13-11-24(12-14-25)23-29-15-21-32(22-16-29)36(34,35)27-9-5-2-6-10-27/h1-14H,15-23H2. The number of carbonyl (C=O) groups is 1. The smallest absolute Gasteiger partial charge is 0.253 e. The summed E-state index contributed by atoms with van der Waals surface area (Å²) in [6, 6.07) is 26.8. The van der Waals surface area contributed by atoms with E-state index < -0.39 is 10.0 Å². The Labute approximate surface area is 213 Å². The monoisotopic (exact) mass is 504 g/mol. The third-order valence-corrected chi connectivity index (χ3v) is 8.92. The van der Waals surface area contributed by atoms with Gasteiger partial charge in [-0.1, -0.05) is 48.5 Å². The molecule has 0 bridgehead atoms. The van der Waals surface area contributed by atoms with Crippen molar-refractivity contribution in [1.82, 2.24) is 14.1 Å². The van der Waals surface area contributed by atoms with Gasteiger partial charge >= 0.3 is 0 Å². The molecule has 0 radical (unpaired) electrons. The summed E-state index contributed by atoms with van der Waals surface area (Å²) in [5.41, 5.74) is 3.04. The Balaban J connectivity index is 1.11. The number of sulfonamides is 1. The number of piperazine rings is 2. The second-order valence-electron chi connectivity index (χ2n) is 9.31. The number of nitrogens with zero attached hydrogens (tertiary/aromatic N) is 4. The van der Waals surface area contributed by atoms with Crippen molar-refractivity contribution >= 4 is 21.6 Å². The van der Waals surface area contributed by atoms with Crippen LogP contribution in [0.5, 0.6) is 0 Å². The van der Waals surface area contributed by atoms with E-state index in [4.69, 9.17) is 0 Å². The molecule has 2 aliphatic rings. The average Bonchev–Trinajstić information content (AvgIpc) is 2.94. The molecule has 0 aliphatic carbocycles. The fourth-order valence-corrected chi connectivity index (χ4v) is 6.31. The van der Waals surface area contributed by atoms with Crippen LogP contribution in [0.25, 0.3) is 0 Å². The van der Waals surface area contributed by atoms with Crippen LogP contribution in [-0.4, -0.2) is 80.8 Å². The molecule has 5 rings (SSSR count). The van der Waals surface area contributed by atoms with E-state index >= 15 is 0 Å². The van der Waals surface area contributed by atoms with Crippen molar-refractivity contribution < 1.29 is 13.2 Å². The summed E-state index contributed by atoms with van der Waals surface area (Å²) in [6.07, 6.45) is 0. The number of anilines is 1.